The molecule has 1 aromatic rings. The minimum Gasteiger partial charge on any atom is -0.392 e. The number of aromatic nitrogens is 1. The van der Waals surface area contributed by atoms with Crippen molar-refractivity contribution in [1.82, 2.24) is 4.98 Å². The highest BCUT2D eigenvalue weighted by atomic mass is 16.5. The maximum absolute atomic E-state index is 9.37. The molecule has 0 bridgehead atoms. The summed E-state index contributed by atoms with van der Waals surface area (Å²) in [4.78, 5) is 7.03. The van der Waals surface area contributed by atoms with E-state index in [2.05, 4.69) is 11.8 Å². The largest absolute Gasteiger partial charge is 0.392 e. The summed E-state index contributed by atoms with van der Waals surface area (Å²) in [7, 11) is 1.76. The number of aliphatic hydroxyl groups excluding tert-OH is 1. The first kappa shape index (κ1) is 14.3. The van der Waals surface area contributed by atoms with Crippen LogP contribution in [0.15, 0.2) is 12.1 Å². The average Bonchev–Trinajstić information content (AvgIpc) is 2.88. The lowest BCUT2D eigenvalue weighted by molar-refractivity contribution is 0.161. The summed E-state index contributed by atoms with van der Waals surface area (Å²) in [5.41, 5.74) is 2.04. The summed E-state index contributed by atoms with van der Waals surface area (Å²) < 4.78 is 5.23. The van der Waals surface area contributed by atoms with Crippen LogP contribution in [-0.4, -0.2) is 36.9 Å². The zero-order valence-corrected chi connectivity index (χ0v) is 11.9. The molecule has 19 heavy (non-hydrogen) atoms. The quantitative estimate of drug-likeness (QED) is 0.853. The van der Waals surface area contributed by atoms with Crippen molar-refractivity contribution >= 4 is 5.82 Å². The number of pyridine rings is 1. The molecule has 1 atom stereocenters. The maximum atomic E-state index is 9.37. The summed E-state index contributed by atoms with van der Waals surface area (Å²) in [6.45, 7) is 5.08. The van der Waals surface area contributed by atoms with Gasteiger partial charge in [-0.1, -0.05) is 13.3 Å². The smallest absolute Gasteiger partial charge is 0.129 e. The third kappa shape index (κ3) is 3.67. The minimum atomic E-state index is 0.0849. The molecule has 106 valence electrons. The highest BCUT2D eigenvalue weighted by Crippen LogP contribution is 2.24. The highest BCUT2D eigenvalue weighted by Gasteiger charge is 2.23. The van der Waals surface area contributed by atoms with Gasteiger partial charge in [0.05, 0.1) is 13.2 Å². The normalized spacial score (nSPS) is 19.1. The van der Waals surface area contributed by atoms with Gasteiger partial charge in [-0.3, -0.25) is 0 Å². The maximum Gasteiger partial charge on any atom is 0.129 e. The topological polar surface area (TPSA) is 45.6 Å². The van der Waals surface area contributed by atoms with E-state index < -0.39 is 0 Å². The van der Waals surface area contributed by atoms with Crippen molar-refractivity contribution in [3.63, 3.8) is 0 Å². The van der Waals surface area contributed by atoms with Crippen LogP contribution in [0.4, 0.5) is 5.82 Å². The van der Waals surface area contributed by atoms with E-state index >= 15 is 0 Å². The molecule has 2 rings (SSSR count). The Hall–Kier alpha value is -1.13. The number of nitrogens with zero attached hydrogens (tertiary/aromatic N) is 2. The second kappa shape index (κ2) is 6.87. The number of rotatable bonds is 6. The fourth-order valence-electron chi connectivity index (χ4n) is 2.68. The summed E-state index contributed by atoms with van der Waals surface area (Å²) in [6, 6.07) is 4.02. The first-order chi connectivity index (χ1) is 9.26. The first-order valence-corrected chi connectivity index (χ1v) is 7.11. The molecule has 4 nitrogen and oxygen atoms in total. The third-order valence-corrected chi connectivity index (χ3v) is 3.63. The molecular weight excluding hydrogens is 240 g/mol. The summed E-state index contributed by atoms with van der Waals surface area (Å²) in [6.07, 6.45) is 3.20. The van der Waals surface area contributed by atoms with Crippen LogP contribution in [0, 0.1) is 5.92 Å². The van der Waals surface area contributed by atoms with Gasteiger partial charge in [-0.15, -0.1) is 0 Å². The van der Waals surface area contributed by atoms with Gasteiger partial charge in [0.25, 0.3) is 0 Å². The van der Waals surface area contributed by atoms with Gasteiger partial charge in [0.2, 0.25) is 0 Å². The van der Waals surface area contributed by atoms with Gasteiger partial charge in [0, 0.05) is 31.8 Å². The number of hydrogen-bond donors (Lipinski definition) is 1. The fraction of sp³-hybridized carbons (Fsp3) is 0.667. The number of hydrogen-bond acceptors (Lipinski definition) is 4. The van der Waals surface area contributed by atoms with Gasteiger partial charge in [-0.05, 0) is 30.5 Å². The molecule has 0 radical (unpaired) electrons. The Kier molecular flexibility index (Phi) is 5.16. The van der Waals surface area contributed by atoms with Gasteiger partial charge in [-0.2, -0.15) is 0 Å². The summed E-state index contributed by atoms with van der Waals surface area (Å²) in [5.74, 6) is 1.60. The van der Waals surface area contributed by atoms with Gasteiger partial charge in [-0.25, -0.2) is 4.98 Å². The van der Waals surface area contributed by atoms with E-state index in [1.807, 2.05) is 12.1 Å². The van der Waals surface area contributed by atoms with Crippen LogP contribution in [0.25, 0.3) is 0 Å². The van der Waals surface area contributed by atoms with Crippen molar-refractivity contribution in [2.75, 3.05) is 31.7 Å². The molecule has 0 aromatic carbocycles. The molecule has 4 heteroatoms. The second-order valence-electron chi connectivity index (χ2n) is 5.29. The van der Waals surface area contributed by atoms with E-state index in [-0.39, 0.29) is 6.61 Å². The Morgan fingerprint density at radius 2 is 2.32 bits per heavy atom. The predicted molar refractivity (Wildman–Crippen MR) is 76.4 cm³/mol. The van der Waals surface area contributed by atoms with Gasteiger partial charge >= 0.3 is 0 Å². The first-order valence-electron chi connectivity index (χ1n) is 7.11. The van der Waals surface area contributed by atoms with Crippen LogP contribution < -0.4 is 4.90 Å². The van der Waals surface area contributed by atoms with E-state index in [9.17, 15) is 5.11 Å². The Morgan fingerprint density at radius 1 is 1.47 bits per heavy atom. The van der Waals surface area contributed by atoms with E-state index in [1.54, 1.807) is 7.11 Å². The molecular formula is C15H24N2O2. The van der Waals surface area contributed by atoms with Crippen LogP contribution in [0.3, 0.4) is 0 Å². The molecule has 0 saturated carbocycles. The number of aryl methyl sites for hydroxylation is 1. The zero-order chi connectivity index (χ0) is 13.7. The Bertz CT molecular complexity index is 409. The van der Waals surface area contributed by atoms with Crippen LogP contribution >= 0.6 is 0 Å². The monoisotopic (exact) mass is 264 g/mol. The van der Waals surface area contributed by atoms with E-state index in [0.717, 1.165) is 56.0 Å². The van der Waals surface area contributed by atoms with E-state index in [0.29, 0.717) is 5.92 Å². The lowest BCUT2D eigenvalue weighted by Crippen LogP contribution is -2.22. The van der Waals surface area contributed by atoms with Crippen molar-refractivity contribution in [1.29, 1.82) is 0 Å². The molecule has 1 aromatic heterocycles. The molecule has 1 aliphatic heterocycles. The molecule has 1 saturated heterocycles. The molecule has 2 heterocycles. The zero-order valence-electron chi connectivity index (χ0n) is 11.9. The average molecular weight is 264 g/mol. The van der Waals surface area contributed by atoms with Crippen LogP contribution in [0.1, 0.15) is 31.0 Å². The fourth-order valence-corrected chi connectivity index (χ4v) is 2.68. The summed E-state index contributed by atoms with van der Waals surface area (Å²) >= 11 is 0. The lowest BCUT2D eigenvalue weighted by Gasteiger charge is -2.19. The van der Waals surface area contributed by atoms with Gasteiger partial charge in [0.1, 0.15) is 5.82 Å². The lowest BCUT2D eigenvalue weighted by atomic mass is 10.1. The van der Waals surface area contributed by atoms with Crippen LogP contribution in [0.2, 0.25) is 0 Å². The van der Waals surface area contributed by atoms with E-state index in [1.165, 1.54) is 0 Å². The minimum absolute atomic E-state index is 0.0849. The number of aliphatic hydroxyl groups is 1. The van der Waals surface area contributed by atoms with Gasteiger partial charge in [0.15, 0.2) is 0 Å². The third-order valence-electron chi connectivity index (χ3n) is 3.63. The molecule has 1 unspecified atom stereocenters. The molecule has 0 spiro atoms. The van der Waals surface area contributed by atoms with Gasteiger partial charge < -0.3 is 14.7 Å². The second-order valence-corrected chi connectivity index (χ2v) is 5.29. The Morgan fingerprint density at radius 3 is 3.00 bits per heavy atom. The van der Waals surface area contributed by atoms with E-state index in [4.69, 9.17) is 9.72 Å². The number of ether oxygens (including phenoxy) is 1. The van der Waals surface area contributed by atoms with Crippen molar-refractivity contribution in [3.8, 4) is 0 Å². The standard InChI is InChI=1S/C15H24N2O2/c1-3-4-14-7-13(10-18)8-15(16-14)17-6-5-12(9-17)11-19-2/h7-8,12,18H,3-6,9-11H2,1-2H3. The van der Waals surface area contributed by atoms with Crippen molar-refractivity contribution in [2.24, 2.45) is 5.92 Å². The Labute approximate surface area is 115 Å². The number of anilines is 1. The van der Waals surface area contributed by atoms with Crippen molar-refractivity contribution in [3.05, 3.63) is 23.4 Å². The molecule has 0 aliphatic carbocycles. The van der Waals surface area contributed by atoms with Crippen LogP contribution in [-0.2, 0) is 17.8 Å². The molecule has 0 amide bonds. The molecule has 1 N–H and O–H groups in total. The van der Waals surface area contributed by atoms with Crippen molar-refractivity contribution < 1.29 is 9.84 Å². The van der Waals surface area contributed by atoms with Crippen LogP contribution in [0.5, 0.6) is 0 Å². The highest BCUT2D eigenvalue weighted by molar-refractivity contribution is 5.43. The SMILES string of the molecule is CCCc1cc(CO)cc(N2CCC(COC)C2)n1. The molecule has 1 aliphatic rings. The van der Waals surface area contributed by atoms with Crippen molar-refractivity contribution in [2.45, 2.75) is 32.8 Å². The number of methoxy groups -OCH3 is 1. The summed E-state index contributed by atoms with van der Waals surface area (Å²) in [5, 5.41) is 9.37. The molecule has 1 fully saturated rings. The Balaban J connectivity index is 2.12. The predicted octanol–water partition coefficient (Wildman–Crippen LogP) is 2.00.